The normalized spacial score (nSPS) is 14.0. The summed E-state index contributed by atoms with van der Waals surface area (Å²) in [7, 11) is 0. The van der Waals surface area contributed by atoms with Crippen molar-refractivity contribution in [2.45, 2.75) is 59.4 Å². The summed E-state index contributed by atoms with van der Waals surface area (Å²) in [5.41, 5.74) is 10.8. The Morgan fingerprint density at radius 1 is 1.03 bits per heavy atom. The van der Waals surface area contributed by atoms with E-state index < -0.39 is 41.6 Å². The van der Waals surface area contributed by atoms with Crippen LogP contribution < -0.4 is 16.6 Å². The predicted molar refractivity (Wildman–Crippen MR) is 126 cm³/mol. The van der Waals surface area contributed by atoms with Crippen molar-refractivity contribution in [2.75, 3.05) is 0 Å². The van der Waals surface area contributed by atoms with Gasteiger partial charge in [0.2, 0.25) is 11.8 Å². The SMILES string of the molecule is CCC(N)C(=O)NNC(=O)N(C(=O)C(C)CC(C)C)C(=O)C(C)c1csc2ccccc12. The second-order valence-corrected chi connectivity index (χ2v) is 9.30. The summed E-state index contributed by atoms with van der Waals surface area (Å²) >= 11 is 1.50. The summed E-state index contributed by atoms with van der Waals surface area (Å²) in [5.74, 6) is -2.95. The molecule has 1 aromatic heterocycles. The molecule has 0 aliphatic rings. The van der Waals surface area contributed by atoms with Crippen LogP contribution in [0.25, 0.3) is 10.1 Å². The molecule has 5 amide bonds. The van der Waals surface area contributed by atoms with E-state index in [2.05, 4.69) is 10.9 Å². The van der Waals surface area contributed by atoms with Gasteiger partial charge in [-0.05, 0) is 48.1 Å². The zero-order chi connectivity index (χ0) is 24.0. The molecule has 3 unspecified atom stereocenters. The highest BCUT2D eigenvalue weighted by atomic mass is 32.1. The lowest BCUT2D eigenvalue weighted by Gasteiger charge is -2.26. The Bertz CT molecular complexity index is 987. The summed E-state index contributed by atoms with van der Waals surface area (Å²) in [6.07, 6.45) is 0.885. The number of hydrogen-bond donors (Lipinski definition) is 3. The maximum Gasteiger partial charge on any atom is 0.349 e. The monoisotopic (exact) mass is 460 g/mol. The minimum Gasteiger partial charge on any atom is -0.320 e. The number of hydrogen-bond acceptors (Lipinski definition) is 6. The van der Waals surface area contributed by atoms with Crippen molar-refractivity contribution in [3.8, 4) is 0 Å². The van der Waals surface area contributed by atoms with Crippen LogP contribution in [0.4, 0.5) is 4.79 Å². The molecule has 0 saturated carbocycles. The molecule has 0 aliphatic carbocycles. The Kier molecular flexibility index (Phi) is 8.91. The molecule has 2 aromatic rings. The van der Waals surface area contributed by atoms with E-state index in [0.717, 1.165) is 15.6 Å². The van der Waals surface area contributed by atoms with Gasteiger partial charge in [-0.15, -0.1) is 11.3 Å². The van der Waals surface area contributed by atoms with Gasteiger partial charge in [0.15, 0.2) is 0 Å². The van der Waals surface area contributed by atoms with E-state index in [0.29, 0.717) is 17.7 Å². The fraction of sp³-hybridized carbons (Fsp3) is 0.478. The third kappa shape index (κ3) is 5.92. The molecule has 8 nitrogen and oxygen atoms in total. The number of thiophene rings is 1. The van der Waals surface area contributed by atoms with Gasteiger partial charge in [-0.25, -0.2) is 10.2 Å². The van der Waals surface area contributed by atoms with Crippen LogP contribution in [0.3, 0.4) is 0 Å². The second kappa shape index (κ2) is 11.2. The summed E-state index contributed by atoms with van der Waals surface area (Å²) < 4.78 is 1.01. The van der Waals surface area contributed by atoms with Gasteiger partial charge in [0, 0.05) is 10.6 Å². The van der Waals surface area contributed by atoms with E-state index in [9.17, 15) is 19.2 Å². The van der Waals surface area contributed by atoms with Crippen molar-refractivity contribution in [3.63, 3.8) is 0 Å². The van der Waals surface area contributed by atoms with Crippen molar-refractivity contribution in [1.29, 1.82) is 0 Å². The molecular formula is C23H32N4O4S. The second-order valence-electron chi connectivity index (χ2n) is 8.39. The molecule has 3 atom stereocenters. The van der Waals surface area contributed by atoms with Gasteiger partial charge in [-0.3, -0.25) is 19.8 Å². The first-order chi connectivity index (χ1) is 15.1. The summed E-state index contributed by atoms with van der Waals surface area (Å²) in [6.45, 7) is 9.01. The molecule has 0 spiro atoms. The number of benzene rings is 1. The van der Waals surface area contributed by atoms with Gasteiger partial charge in [0.1, 0.15) is 0 Å². The summed E-state index contributed by atoms with van der Waals surface area (Å²) in [4.78, 5) is 52.0. The molecule has 1 aromatic carbocycles. The highest BCUT2D eigenvalue weighted by Crippen LogP contribution is 2.32. The first-order valence-electron chi connectivity index (χ1n) is 10.8. The quantitative estimate of drug-likeness (QED) is 0.546. The Balaban J connectivity index is 2.31. The van der Waals surface area contributed by atoms with Gasteiger partial charge in [0.05, 0.1) is 12.0 Å². The molecule has 1 heterocycles. The van der Waals surface area contributed by atoms with E-state index >= 15 is 0 Å². The van der Waals surface area contributed by atoms with E-state index in [1.165, 1.54) is 11.3 Å². The van der Waals surface area contributed by atoms with Crippen LogP contribution >= 0.6 is 11.3 Å². The first kappa shape index (κ1) is 25.5. The Hall–Kier alpha value is -2.78. The summed E-state index contributed by atoms with van der Waals surface area (Å²) in [5, 5.41) is 2.77. The minimum absolute atomic E-state index is 0.203. The third-order valence-electron chi connectivity index (χ3n) is 5.31. The molecule has 0 aliphatic heterocycles. The van der Waals surface area contributed by atoms with Crippen LogP contribution in [0, 0.1) is 11.8 Å². The van der Waals surface area contributed by atoms with E-state index in [4.69, 9.17) is 5.73 Å². The maximum absolute atomic E-state index is 13.4. The average Bonchev–Trinajstić information content (AvgIpc) is 3.19. The van der Waals surface area contributed by atoms with Gasteiger partial charge < -0.3 is 5.73 Å². The van der Waals surface area contributed by atoms with Crippen molar-refractivity contribution in [3.05, 3.63) is 35.2 Å². The van der Waals surface area contributed by atoms with Crippen molar-refractivity contribution in [1.82, 2.24) is 15.8 Å². The average molecular weight is 461 g/mol. The number of imide groups is 3. The van der Waals surface area contributed by atoms with Crippen LogP contribution in [0.5, 0.6) is 0 Å². The number of hydrazine groups is 1. The molecule has 9 heteroatoms. The third-order valence-corrected chi connectivity index (χ3v) is 6.29. The van der Waals surface area contributed by atoms with Crippen LogP contribution in [-0.2, 0) is 14.4 Å². The molecule has 0 saturated heterocycles. The smallest absolute Gasteiger partial charge is 0.320 e. The van der Waals surface area contributed by atoms with Crippen molar-refractivity contribution < 1.29 is 19.2 Å². The number of nitrogens with two attached hydrogens (primary N) is 1. The summed E-state index contributed by atoms with van der Waals surface area (Å²) in [6, 6.07) is 5.83. The van der Waals surface area contributed by atoms with Crippen LogP contribution in [0.15, 0.2) is 29.6 Å². The molecule has 32 heavy (non-hydrogen) atoms. The standard InChI is InChI=1S/C23H32N4O4S/c1-6-18(24)20(28)25-26-23(31)27(21(29)14(4)11-13(2)3)22(30)15(5)17-12-32-19-10-8-7-9-16(17)19/h7-10,12-15,18H,6,11,24H2,1-5H3,(H,25,28)(H,26,31). The predicted octanol–water partition coefficient (Wildman–Crippen LogP) is 3.52. The van der Waals surface area contributed by atoms with Crippen molar-refractivity contribution in [2.24, 2.45) is 17.6 Å². The van der Waals surface area contributed by atoms with Gasteiger partial charge >= 0.3 is 6.03 Å². The van der Waals surface area contributed by atoms with E-state index in [-0.39, 0.29) is 5.92 Å². The highest BCUT2D eigenvalue weighted by molar-refractivity contribution is 7.17. The van der Waals surface area contributed by atoms with Crippen LogP contribution in [0.1, 0.15) is 58.9 Å². The van der Waals surface area contributed by atoms with Crippen molar-refractivity contribution >= 4 is 45.2 Å². The van der Waals surface area contributed by atoms with Gasteiger partial charge in [-0.1, -0.05) is 45.9 Å². The maximum atomic E-state index is 13.4. The zero-order valence-electron chi connectivity index (χ0n) is 19.2. The van der Waals surface area contributed by atoms with E-state index in [1.54, 1.807) is 20.8 Å². The number of amides is 5. The van der Waals surface area contributed by atoms with Crippen LogP contribution in [-0.4, -0.2) is 34.7 Å². The number of fused-ring (bicyclic) bond motifs is 1. The van der Waals surface area contributed by atoms with Gasteiger partial charge in [0.25, 0.3) is 5.91 Å². The Morgan fingerprint density at radius 3 is 2.31 bits per heavy atom. The van der Waals surface area contributed by atoms with E-state index in [1.807, 2.05) is 43.5 Å². The van der Waals surface area contributed by atoms with Crippen LogP contribution in [0.2, 0.25) is 0 Å². The Labute approximate surface area is 192 Å². The molecule has 2 rings (SSSR count). The number of carbonyl (C=O) groups excluding carboxylic acids is 4. The molecule has 0 radical (unpaired) electrons. The fourth-order valence-electron chi connectivity index (χ4n) is 3.45. The largest absolute Gasteiger partial charge is 0.349 e. The number of carbonyl (C=O) groups is 4. The number of nitrogens with zero attached hydrogens (tertiary/aromatic N) is 1. The molecule has 0 bridgehead atoms. The molecule has 174 valence electrons. The first-order valence-corrected chi connectivity index (χ1v) is 11.7. The zero-order valence-corrected chi connectivity index (χ0v) is 20.0. The Morgan fingerprint density at radius 2 is 1.69 bits per heavy atom. The van der Waals surface area contributed by atoms with Gasteiger partial charge in [-0.2, -0.15) is 4.90 Å². The molecule has 4 N–H and O–H groups in total. The lowest BCUT2D eigenvalue weighted by molar-refractivity contribution is -0.144. The number of nitrogens with one attached hydrogen (secondary N) is 2. The molecule has 0 fully saturated rings. The number of urea groups is 1. The lowest BCUT2D eigenvalue weighted by atomic mass is 9.95. The fourth-order valence-corrected chi connectivity index (χ4v) is 4.50. The topological polar surface area (TPSA) is 122 Å². The minimum atomic E-state index is -1.00. The molecular weight excluding hydrogens is 428 g/mol. The number of rotatable bonds is 7. The lowest BCUT2D eigenvalue weighted by Crippen LogP contribution is -2.57. The highest BCUT2D eigenvalue weighted by Gasteiger charge is 2.36.